The Morgan fingerprint density at radius 2 is 2.03 bits per heavy atom. The lowest BCUT2D eigenvalue weighted by Crippen LogP contribution is -2.47. The molecule has 3 aromatic rings. The van der Waals surface area contributed by atoms with E-state index in [0.29, 0.717) is 6.42 Å². The first-order valence-corrected chi connectivity index (χ1v) is 11.1. The summed E-state index contributed by atoms with van der Waals surface area (Å²) < 4.78 is 13.5. The maximum Gasteiger partial charge on any atom is 0.122 e. The van der Waals surface area contributed by atoms with Crippen molar-refractivity contribution in [3.05, 3.63) is 77.1 Å². The van der Waals surface area contributed by atoms with E-state index in [4.69, 9.17) is 9.47 Å². The van der Waals surface area contributed by atoms with Crippen LogP contribution in [0.15, 0.2) is 54.9 Å². The number of hydrogen-bond acceptors (Lipinski definition) is 6. The fourth-order valence-electron chi connectivity index (χ4n) is 4.64. The predicted molar refractivity (Wildman–Crippen MR) is 118 cm³/mol. The second-order valence-electron chi connectivity index (χ2n) is 8.55. The van der Waals surface area contributed by atoms with Gasteiger partial charge in [0.15, 0.2) is 0 Å². The maximum atomic E-state index is 10.3. The number of fused-ring (bicyclic) bond motifs is 1. The molecule has 0 spiro atoms. The maximum absolute atomic E-state index is 10.3. The number of hydrogen-bond donors (Lipinski definition) is 3. The summed E-state index contributed by atoms with van der Waals surface area (Å²) in [6, 6.07) is 14.3. The van der Waals surface area contributed by atoms with Crippen molar-refractivity contribution in [2.75, 3.05) is 13.2 Å². The number of aliphatic hydroxyl groups is 3. The Bertz CT molecular complexity index is 1070. The minimum atomic E-state index is -1.09. The summed E-state index contributed by atoms with van der Waals surface area (Å²) in [5.41, 5.74) is 5.38. The van der Waals surface area contributed by atoms with Crippen molar-refractivity contribution in [1.29, 1.82) is 0 Å². The van der Waals surface area contributed by atoms with Crippen molar-refractivity contribution >= 4 is 0 Å². The highest BCUT2D eigenvalue weighted by atomic mass is 16.5. The van der Waals surface area contributed by atoms with E-state index in [9.17, 15) is 15.3 Å². The van der Waals surface area contributed by atoms with Crippen LogP contribution in [0.4, 0.5) is 0 Å². The minimum absolute atomic E-state index is 0.272. The SMILES string of the molecule is OC[C@H]1O[C@@H](c2ccc(-n3cccn3)c(Cc3ccc4c(c3)CCCO4)c2)C[C@@H](O)[C@@H]1O. The predicted octanol–water partition coefficient (Wildman–Crippen LogP) is 2.33. The quantitative estimate of drug-likeness (QED) is 0.568. The minimum Gasteiger partial charge on any atom is -0.493 e. The van der Waals surface area contributed by atoms with E-state index in [1.807, 2.05) is 29.1 Å². The molecule has 5 rings (SSSR count). The first-order valence-electron chi connectivity index (χ1n) is 11.1. The lowest BCUT2D eigenvalue weighted by atomic mass is 9.91. The summed E-state index contributed by atoms with van der Waals surface area (Å²) in [6.07, 6.45) is 3.45. The number of benzene rings is 2. The van der Waals surface area contributed by atoms with E-state index in [0.717, 1.165) is 42.0 Å². The Morgan fingerprint density at radius 1 is 1.12 bits per heavy atom. The molecular weight excluding hydrogens is 408 g/mol. The van der Waals surface area contributed by atoms with E-state index in [1.54, 1.807) is 6.20 Å². The molecule has 0 unspecified atom stereocenters. The van der Waals surface area contributed by atoms with Gasteiger partial charge in [0.25, 0.3) is 0 Å². The fraction of sp³-hybridized carbons (Fsp3) is 0.400. The molecule has 1 aromatic heterocycles. The van der Waals surface area contributed by atoms with E-state index >= 15 is 0 Å². The Morgan fingerprint density at radius 3 is 2.84 bits per heavy atom. The van der Waals surface area contributed by atoms with Crippen molar-refractivity contribution in [3.63, 3.8) is 0 Å². The topological polar surface area (TPSA) is 97.0 Å². The summed E-state index contributed by atoms with van der Waals surface area (Å²) in [4.78, 5) is 0. The standard InChI is InChI=1S/C25H28N2O5/c28-15-24-25(30)21(29)14-23(32-24)18-5-6-20(27-9-2-8-26-27)19(13-18)12-16-4-7-22-17(11-16)3-1-10-31-22/h2,4-9,11,13,21,23-25,28-30H,1,3,10,12,14-15H2/t21-,23-,24-,25+/m1/s1. The zero-order valence-corrected chi connectivity index (χ0v) is 17.8. The molecule has 0 radical (unpaired) electrons. The number of rotatable bonds is 5. The highest BCUT2D eigenvalue weighted by Crippen LogP contribution is 2.34. The number of aryl methyl sites for hydroxylation is 1. The van der Waals surface area contributed by atoms with E-state index < -0.39 is 24.4 Å². The lowest BCUT2D eigenvalue weighted by molar-refractivity contribution is -0.181. The van der Waals surface area contributed by atoms with E-state index in [1.165, 1.54) is 11.1 Å². The fourth-order valence-corrected chi connectivity index (χ4v) is 4.64. The van der Waals surface area contributed by atoms with E-state index in [2.05, 4.69) is 29.4 Å². The largest absolute Gasteiger partial charge is 0.493 e. The molecule has 32 heavy (non-hydrogen) atoms. The van der Waals surface area contributed by atoms with Crippen LogP contribution in [-0.2, 0) is 17.6 Å². The van der Waals surface area contributed by atoms with Gasteiger partial charge in [-0.05, 0) is 59.7 Å². The third kappa shape index (κ3) is 4.17. The zero-order valence-electron chi connectivity index (χ0n) is 17.8. The summed E-state index contributed by atoms with van der Waals surface area (Å²) in [7, 11) is 0. The van der Waals surface area contributed by atoms with Crippen LogP contribution in [0, 0.1) is 0 Å². The first kappa shape index (κ1) is 21.2. The van der Waals surface area contributed by atoms with Crippen LogP contribution in [0.1, 0.15) is 41.2 Å². The van der Waals surface area contributed by atoms with Crippen LogP contribution < -0.4 is 4.74 Å². The highest BCUT2D eigenvalue weighted by molar-refractivity contribution is 5.48. The first-order chi connectivity index (χ1) is 15.6. The molecule has 3 N–H and O–H groups in total. The van der Waals surface area contributed by atoms with Gasteiger partial charge in [-0.3, -0.25) is 0 Å². The van der Waals surface area contributed by atoms with Gasteiger partial charge in [-0.25, -0.2) is 4.68 Å². The number of aliphatic hydroxyl groups excluding tert-OH is 3. The molecule has 0 saturated carbocycles. The molecule has 0 amide bonds. The van der Waals surface area contributed by atoms with Crippen LogP contribution in [0.2, 0.25) is 0 Å². The van der Waals surface area contributed by atoms with Gasteiger partial charge in [-0.15, -0.1) is 0 Å². The second kappa shape index (κ2) is 9.03. The number of ether oxygens (including phenoxy) is 2. The summed E-state index contributed by atoms with van der Waals surface area (Å²) in [5.74, 6) is 0.972. The van der Waals surface area contributed by atoms with Gasteiger partial charge in [0, 0.05) is 18.8 Å². The number of aromatic nitrogens is 2. The molecule has 2 aliphatic rings. The van der Waals surface area contributed by atoms with Gasteiger partial charge in [-0.2, -0.15) is 5.10 Å². The normalized spacial score (nSPS) is 25.2. The zero-order chi connectivity index (χ0) is 22.1. The highest BCUT2D eigenvalue weighted by Gasteiger charge is 2.37. The van der Waals surface area contributed by atoms with Crippen LogP contribution >= 0.6 is 0 Å². The van der Waals surface area contributed by atoms with Crippen LogP contribution in [0.5, 0.6) is 5.75 Å². The van der Waals surface area contributed by atoms with Crippen LogP contribution in [0.25, 0.3) is 5.69 Å². The smallest absolute Gasteiger partial charge is 0.122 e. The third-order valence-electron chi connectivity index (χ3n) is 6.34. The van der Waals surface area contributed by atoms with E-state index in [-0.39, 0.29) is 13.0 Å². The molecular formula is C25H28N2O5. The molecule has 7 heteroatoms. The molecule has 1 saturated heterocycles. The molecule has 4 atom stereocenters. The van der Waals surface area contributed by atoms with Crippen molar-refractivity contribution in [2.45, 2.75) is 50.1 Å². The summed E-state index contributed by atoms with van der Waals surface area (Å²) in [6.45, 7) is 0.429. The Balaban J connectivity index is 1.48. The Hall–Kier alpha value is -2.71. The lowest BCUT2D eigenvalue weighted by Gasteiger charge is -2.36. The summed E-state index contributed by atoms with van der Waals surface area (Å²) in [5, 5.41) is 34.3. The van der Waals surface area contributed by atoms with Crippen LogP contribution in [-0.4, -0.2) is 56.6 Å². The average molecular weight is 437 g/mol. The van der Waals surface area contributed by atoms with Crippen LogP contribution in [0.3, 0.4) is 0 Å². The van der Waals surface area contributed by atoms with Crippen molar-refractivity contribution < 1.29 is 24.8 Å². The molecule has 0 bridgehead atoms. The molecule has 7 nitrogen and oxygen atoms in total. The summed E-state index contributed by atoms with van der Waals surface area (Å²) >= 11 is 0. The molecule has 2 aromatic carbocycles. The van der Waals surface area contributed by atoms with Gasteiger partial charge in [0.05, 0.1) is 31.1 Å². The van der Waals surface area contributed by atoms with Crippen molar-refractivity contribution in [1.82, 2.24) is 9.78 Å². The van der Waals surface area contributed by atoms with Gasteiger partial charge in [-0.1, -0.05) is 24.3 Å². The van der Waals surface area contributed by atoms with Gasteiger partial charge in [0.2, 0.25) is 0 Å². The monoisotopic (exact) mass is 436 g/mol. The molecule has 0 aliphatic carbocycles. The molecule has 3 heterocycles. The molecule has 2 aliphatic heterocycles. The average Bonchev–Trinajstić information content (AvgIpc) is 3.35. The Labute approximate surface area is 186 Å². The Kier molecular flexibility index (Phi) is 5.97. The second-order valence-corrected chi connectivity index (χ2v) is 8.55. The van der Waals surface area contributed by atoms with Crippen molar-refractivity contribution in [2.24, 2.45) is 0 Å². The van der Waals surface area contributed by atoms with Gasteiger partial charge < -0.3 is 24.8 Å². The van der Waals surface area contributed by atoms with Gasteiger partial charge >= 0.3 is 0 Å². The number of nitrogens with zero attached hydrogens (tertiary/aromatic N) is 2. The molecule has 1 fully saturated rings. The molecule has 168 valence electrons. The third-order valence-corrected chi connectivity index (χ3v) is 6.34. The van der Waals surface area contributed by atoms with Gasteiger partial charge in [0.1, 0.15) is 18.0 Å². The van der Waals surface area contributed by atoms with Crippen molar-refractivity contribution in [3.8, 4) is 11.4 Å².